The van der Waals surface area contributed by atoms with E-state index in [1.54, 1.807) is 12.1 Å². The van der Waals surface area contributed by atoms with Gasteiger partial charge in [0.2, 0.25) is 10.0 Å². The second-order valence-electron chi connectivity index (χ2n) is 5.15. The third-order valence-electron chi connectivity index (χ3n) is 3.90. The summed E-state index contributed by atoms with van der Waals surface area (Å²) in [5.41, 5.74) is -0.145. The molecule has 112 valence electrons. The Hall–Kier alpha value is -1.58. The highest BCUT2D eigenvalue weighted by Gasteiger charge is 2.45. The van der Waals surface area contributed by atoms with Crippen LogP contribution >= 0.6 is 0 Å². The second kappa shape index (κ2) is 5.00. The molecule has 0 aromatic heterocycles. The van der Waals surface area contributed by atoms with Crippen molar-refractivity contribution in [1.29, 1.82) is 0 Å². The molecule has 0 amide bonds. The molecule has 1 fully saturated rings. The van der Waals surface area contributed by atoms with Gasteiger partial charge in [0.15, 0.2) is 0 Å². The van der Waals surface area contributed by atoms with Crippen LogP contribution in [0.1, 0.15) is 19.3 Å². The number of benzene rings is 1. The van der Waals surface area contributed by atoms with Gasteiger partial charge in [0, 0.05) is 6.54 Å². The molecule has 1 heterocycles. The zero-order valence-corrected chi connectivity index (χ0v) is 12.6. The van der Waals surface area contributed by atoms with Crippen LogP contribution in [0.5, 0.6) is 0 Å². The van der Waals surface area contributed by atoms with E-state index in [2.05, 4.69) is 13.4 Å². The maximum absolute atomic E-state index is 12.4. The first-order valence-corrected chi connectivity index (χ1v) is 8.60. The van der Waals surface area contributed by atoms with E-state index in [4.69, 9.17) is 0 Å². The van der Waals surface area contributed by atoms with Crippen LogP contribution in [0.4, 0.5) is 11.4 Å². The van der Waals surface area contributed by atoms with Crippen LogP contribution in [-0.2, 0) is 26.2 Å². The van der Waals surface area contributed by atoms with E-state index in [9.17, 15) is 18.3 Å². The molecule has 3 rings (SSSR count). The number of fused-ring (bicyclic) bond motifs is 1. The van der Waals surface area contributed by atoms with Gasteiger partial charge in [-0.05, 0) is 25.0 Å². The summed E-state index contributed by atoms with van der Waals surface area (Å²) in [5, 5.41) is 9.23. The molecule has 0 bridgehead atoms. The maximum Gasteiger partial charge on any atom is 0.310 e. The molecule has 0 unspecified atom stereocenters. The van der Waals surface area contributed by atoms with E-state index >= 15 is 0 Å². The van der Waals surface area contributed by atoms with Crippen molar-refractivity contribution in [3.63, 3.8) is 0 Å². The molecule has 1 aromatic carbocycles. The topological polar surface area (TPSA) is 108 Å². The number of nitrogens with one attached hydrogen (secondary N) is 1. The highest BCUT2D eigenvalue weighted by Crippen LogP contribution is 2.41. The molecule has 2 N–H and O–H groups in total. The standard InChI is InChI=1S/C12H13N3O4S2/c16-11(17)12(5-2-6-12)7-13-21(18,19)9-4-1-3-8-10(9)15-20-14-8/h1,3-4,13H,2,5-7H2,(H,16,17). The van der Waals surface area contributed by atoms with Crippen LogP contribution < -0.4 is 4.72 Å². The minimum absolute atomic E-state index is 0.0358. The van der Waals surface area contributed by atoms with Crippen LogP contribution in [0, 0.1) is 5.41 Å². The first-order chi connectivity index (χ1) is 9.95. The molecule has 0 spiro atoms. The first kappa shape index (κ1) is 14.4. The number of carboxylic acids is 1. The Balaban J connectivity index is 1.84. The molecular formula is C12H13N3O4S2. The van der Waals surface area contributed by atoms with Crippen molar-refractivity contribution in [2.24, 2.45) is 14.1 Å². The monoisotopic (exact) mass is 327 g/mol. The predicted molar refractivity (Wildman–Crippen MR) is 77.1 cm³/mol. The highest BCUT2D eigenvalue weighted by molar-refractivity contribution is 7.89. The van der Waals surface area contributed by atoms with Gasteiger partial charge in [0.1, 0.15) is 16.3 Å². The Bertz CT molecular complexity index is 778. The number of carbonyl (C=O) groups is 1. The molecule has 1 aromatic rings. The van der Waals surface area contributed by atoms with Gasteiger partial charge >= 0.3 is 5.97 Å². The molecule has 2 aliphatic rings. The van der Waals surface area contributed by atoms with E-state index in [1.165, 1.54) is 6.07 Å². The molecule has 21 heavy (non-hydrogen) atoms. The molecule has 1 aliphatic carbocycles. The summed E-state index contributed by atoms with van der Waals surface area (Å²) in [6.07, 6.45) is 1.79. The molecule has 0 atom stereocenters. The van der Waals surface area contributed by atoms with Crippen molar-refractivity contribution in [2.75, 3.05) is 6.54 Å². The summed E-state index contributed by atoms with van der Waals surface area (Å²) in [5.74, 6) is -0.954. The largest absolute Gasteiger partial charge is 0.481 e. The number of nitrogens with zero attached hydrogens (tertiary/aromatic N) is 2. The van der Waals surface area contributed by atoms with Crippen molar-refractivity contribution >= 4 is 38.7 Å². The van der Waals surface area contributed by atoms with E-state index in [1.807, 2.05) is 0 Å². The quantitative estimate of drug-likeness (QED) is 0.874. The van der Waals surface area contributed by atoms with Gasteiger partial charge in [0.25, 0.3) is 0 Å². The SMILES string of the molecule is O=C(O)C1(CNS(=O)(=O)c2cccc3c2N=S=N3)CCC1. The Labute approximate surface area is 125 Å². The molecule has 1 saturated carbocycles. The summed E-state index contributed by atoms with van der Waals surface area (Å²) in [4.78, 5) is 11.3. The summed E-state index contributed by atoms with van der Waals surface area (Å²) in [6, 6.07) is 4.72. The van der Waals surface area contributed by atoms with Crippen molar-refractivity contribution in [1.82, 2.24) is 4.72 Å². The third kappa shape index (κ3) is 2.41. The Morgan fingerprint density at radius 1 is 1.38 bits per heavy atom. The summed E-state index contributed by atoms with van der Waals surface area (Å²) in [7, 11) is -3.81. The predicted octanol–water partition coefficient (Wildman–Crippen LogP) is 1.95. The smallest absolute Gasteiger partial charge is 0.310 e. The fraction of sp³-hybridized carbons (Fsp3) is 0.417. The van der Waals surface area contributed by atoms with E-state index in [0.29, 0.717) is 24.2 Å². The minimum atomic E-state index is -3.81. The Morgan fingerprint density at radius 3 is 2.76 bits per heavy atom. The maximum atomic E-state index is 12.4. The van der Waals surface area contributed by atoms with Gasteiger partial charge in [-0.2, -0.15) is 8.73 Å². The lowest BCUT2D eigenvalue weighted by molar-refractivity contribution is -0.153. The van der Waals surface area contributed by atoms with Crippen LogP contribution in [0.2, 0.25) is 0 Å². The van der Waals surface area contributed by atoms with Crippen molar-refractivity contribution in [3.8, 4) is 0 Å². The van der Waals surface area contributed by atoms with Crippen LogP contribution in [-0.4, -0.2) is 26.0 Å². The number of carboxylic acid groups (broad SMARTS) is 1. The molecule has 1 aliphatic heterocycles. The van der Waals surface area contributed by atoms with Crippen molar-refractivity contribution in [2.45, 2.75) is 24.2 Å². The molecule has 0 radical (unpaired) electrons. The lowest BCUT2D eigenvalue weighted by atomic mass is 9.69. The average molecular weight is 327 g/mol. The lowest BCUT2D eigenvalue weighted by Crippen LogP contribution is -2.47. The molecule has 7 nitrogen and oxygen atoms in total. The molecule has 9 heteroatoms. The normalized spacial score (nSPS) is 18.7. The summed E-state index contributed by atoms with van der Waals surface area (Å²) in [6.45, 7) is -0.0986. The van der Waals surface area contributed by atoms with Gasteiger partial charge in [-0.1, -0.05) is 12.5 Å². The van der Waals surface area contributed by atoms with Crippen LogP contribution in [0.3, 0.4) is 0 Å². The number of hydrogen-bond acceptors (Lipinski definition) is 5. The molecular weight excluding hydrogens is 314 g/mol. The summed E-state index contributed by atoms with van der Waals surface area (Å²) < 4.78 is 35.2. The van der Waals surface area contributed by atoms with E-state index in [-0.39, 0.29) is 11.4 Å². The van der Waals surface area contributed by atoms with Gasteiger partial charge in [-0.3, -0.25) is 4.79 Å². The van der Waals surface area contributed by atoms with Crippen molar-refractivity contribution < 1.29 is 18.3 Å². The number of rotatable bonds is 5. The zero-order chi connectivity index (χ0) is 15.1. The van der Waals surface area contributed by atoms with E-state index < -0.39 is 21.4 Å². The average Bonchev–Trinajstić information content (AvgIpc) is 2.84. The van der Waals surface area contributed by atoms with Crippen LogP contribution in [0.25, 0.3) is 0 Å². The number of aliphatic carboxylic acids is 1. The van der Waals surface area contributed by atoms with Gasteiger partial charge in [0.05, 0.1) is 16.8 Å². The zero-order valence-electron chi connectivity index (χ0n) is 10.9. The van der Waals surface area contributed by atoms with Gasteiger partial charge < -0.3 is 5.11 Å². The first-order valence-electron chi connectivity index (χ1n) is 6.39. The van der Waals surface area contributed by atoms with Crippen molar-refractivity contribution in [3.05, 3.63) is 18.2 Å². The Kier molecular flexibility index (Phi) is 3.42. The second-order valence-corrected chi connectivity index (χ2v) is 7.42. The molecule has 0 saturated heterocycles. The summed E-state index contributed by atoms with van der Waals surface area (Å²) >= 11 is 0.941. The lowest BCUT2D eigenvalue weighted by Gasteiger charge is -2.37. The Morgan fingerprint density at radius 2 is 2.14 bits per heavy atom. The van der Waals surface area contributed by atoms with Crippen LogP contribution in [0.15, 0.2) is 31.8 Å². The third-order valence-corrected chi connectivity index (χ3v) is 5.88. The fourth-order valence-electron chi connectivity index (χ4n) is 2.38. The number of hydrogen-bond donors (Lipinski definition) is 2. The highest BCUT2D eigenvalue weighted by atomic mass is 32.2. The number of sulfonamides is 1. The minimum Gasteiger partial charge on any atom is -0.481 e. The fourth-order valence-corrected chi connectivity index (χ4v) is 4.27. The van der Waals surface area contributed by atoms with Gasteiger partial charge in [-0.25, -0.2) is 13.1 Å². The van der Waals surface area contributed by atoms with Gasteiger partial charge in [-0.15, -0.1) is 0 Å². The van der Waals surface area contributed by atoms with E-state index in [0.717, 1.165) is 17.8 Å².